The molecule has 0 saturated carbocycles. The molecular formula is C8H3Cl2F5OS. The first kappa shape index (κ1) is 14.7. The van der Waals surface area contributed by atoms with E-state index in [0.717, 1.165) is 18.2 Å². The molecule has 0 aliphatic heterocycles. The van der Waals surface area contributed by atoms with E-state index in [2.05, 4.69) is 0 Å². The van der Waals surface area contributed by atoms with Crippen molar-refractivity contribution in [3.05, 3.63) is 28.2 Å². The second-order valence-corrected chi connectivity index (χ2v) is 5.28. The number of halogens is 7. The summed E-state index contributed by atoms with van der Waals surface area (Å²) in [4.78, 5) is -0.787. The zero-order valence-corrected chi connectivity index (χ0v) is 10.0. The largest absolute Gasteiger partial charge is 0.467 e. The van der Waals surface area contributed by atoms with Crippen LogP contribution in [0.2, 0.25) is 10.0 Å². The molecule has 0 N–H and O–H groups in total. The smallest absolute Gasteiger partial charge is 0.248 e. The van der Waals surface area contributed by atoms with E-state index in [1.807, 2.05) is 0 Å². The molecule has 0 spiro atoms. The fourth-order valence-corrected chi connectivity index (χ4v) is 2.52. The summed E-state index contributed by atoms with van der Waals surface area (Å²) in [6.07, 6.45) is -5.91. The molecule has 1 atom stereocenters. The predicted molar refractivity (Wildman–Crippen MR) is 53.9 cm³/mol. The number of hydrogen-bond donors (Lipinski definition) is 0. The maximum absolute atomic E-state index is 12.8. The van der Waals surface area contributed by atoms with Gasteiger partial charge in [-0.05, 0) is 18.2 Å². The Morgan fingerprint density at radius 1 is 0.941 bits per heavy atom. The van der Waals surface area contributed by atoms with E-state index in [0.29, 0.717) is 0 Å². The molecule has 0 aliphatic carbocycles. The highest BCUT2D eigenvalue weighted by Gasteiger charge is 2.62. The first-order chi connectivity index (χ1) is 7.55. The van der Waals surface area contributed by atoms with Crippen molar-refractivity contribution in [2.24, 2.45) is 0 Å². The van der Waals surface area contributed by atoms with Crippen LogP contribution in [0.5, 0.6) is 0 Å². The van der Waals surface area contributed by atoms with Gasteiger partial charge in [0.2, 0.25) is 0 Å². The van der Waals surface area contributed by atoms with Crippen LogP contribution in [0.4, 0.5) is 22.0 Å². The summed E-state index contributed by atoms with van der Waals surface area (Å²) in [5.74, 6) is 0. The minimum absolute atomic E-state index is 0.182. The Hall–Kier alpha value is -0.400. The molecule has 1 aromatic carbocycles. The molecule has 1 unspecified atom stereocenters. The molecule has 0 bridgehead atoms. The maximum atomic E-state index is 12.8. The van der Waals surface area contributed by atoms with Crippen LogP contribution in [0.15, 0.2) is 23.1 Å². The second-order valence-electron chi connectivity index (χ2n) is 2.89. The highest BCUT2D eigenvalue weighted by molar-refractivity contribution is 7.86. The van der Waals surface area contributed by atoms with E-state index >= 15 is 0 Å². The van der Waals surface area contributed by atoms with Crippen LogP contribution in [0.3, 0.4) is 0 Å². The normalized spacial score (nSPS) is 14.8. The van der Waals surface area contributed by atoms with Gasteiger partial charge in [-0.3, -0.25) is 0 Å². The van der Waals surface area contributed by atoms with E-state index in [1.165, 1.54) is 0 Å². The molecule has 0 aliphatic rings. The summed E-state index contributed by atoms with van der Waals surface area (Å²) in [6.45, 7) is 0. The molecule has 0 heterocycles. The lowest BCUT2D eigenvalue weighted by atomic mass is 10.4. The average molecular weight is 313 g/mol. The number of alkyl halides is 5. The van der Waals surface area contributed by atoms with Crippen LogP contribution in [-0.2, 0) is 10.8 Å². The summed E-state index contributed by atoms with van der Waals surface area (Å²) >= 11 is 10.8. The Kier molecular flexibility index (Phi) is 4.05. The molecular weight excluding hydrogens is 310 g/mol. The summed E-state index contributed by atoms with van der Waals surface area (Å²) in [7, 11) is -3.61. The van der Waals surface area contributed by atoms with Crippen molar-refractivity contribution in [3.8, 4) is 0 Å². The van der Waals surface area contributed by atoms with Crippen molar-refractivity contribution in [1.29, 1.82) is 0 Å². The molecule has 0 fully saturated rings. The first-order valence-electron chi connectivity index (χ1n) is 3.88. The van der Waals surface area contributed by atoms with E-state index in [9.17, 15) is 26.2 Å². The Bertz CT molecular complexity index is 439. The standard InChI is InChI=1S/C8H3Cl2F5OS/c9-4-1-5(10)3-6(2-4)17(16)8(14,15)7(11,12)13/h1-3H. The lowest BCUT2D eigenvalue weighted by molar-refractivity contribution is -0.239. The molecule has 0 aromatic heterocycles. The van der Waals surface area contributed by atoms with Crippen LogP contribution in [-0.4, -0.2) is 15.6 Å². The van der Waals surface area contributed by atoms with Gasteiger partial charge in [0.25, 0.3) is 0 Å². The fraction of sp³-hybridized carbons (Fsp3) is 0.250. The SMILES string of the molecule is O=S(c1cc(Cl)cc(Cl)c1)C(F)(F)C(F)(F)F. The molecule has 1 nitrogen and oxygen atoms in total. The Labute approximate surface area is 105 Å². The maximum Gasteiger partial charge on any atom is 0.467 e. The van der Waals surface area contributed by atoms with Crippen molar-refractivity contribution in [2.75, 3.05) is 0 Å². The summed E-state index contributed by atoms with van der Waals surface area (Å²) in [5.41, 5.74) is 0. The lowest BCUT2D eigenvalue weighted by Crippen LogP contribution is -2.40. The topological polar surface area (TPSA) is 17.1 Å². The van der Waals surface area contributed by atoms with Crippen LogP contribution in [0, 0.1) is 0 Å². The minimum Gasteiger partial charge on any atom is -0.248 e. The zero-order valence-electron chi connectivity index (χ0n) is 7.69. The third-order valence-electron chi connectivity index (χ3n) is 1.61. The second kappa shape index (κ2) is 4.70. The Morgan fingerprint density at radius 3 is 1.71 bits per heavy atom. The van der Waals surface area contributed by atoms with Crippen molar-refractivity contribution in [1.82, 2.24) is 0 Å². The minimum atomic E-state index is -5.91. The van der Waals surface area contributed by atoms with Gasteiger partial charge in [-0.2, -0.15) is 22.0 Å². The third kappa shape index (κ3) is 3.08. The highest BCUT2D eigenvalue weighted by atomic mass is 35.5. The summed E-state index contributed by atoms with van der Waals surface area (Å²) in [6, 6.07) is 2.60. The quantitative estimate of drug-likeness (QED) is 0.746. The van der Waals surface area contributed by atoms with Gasteiger partial charge in [0.15, 0.2) is 0 Å². The van der Waals surface area contributed by atoms with E-state index in [4.69, 9.17) is 23.2 Å². The molecule has 9 heteroatoms. The predicted octanol–water partition coefficient (Wildman–Crippen LogP) is 4.26. The summed E-state index contributed by atoms with van der Waals surface area (Å²) < 4.78 is 72.5. The fourth-order valence-electron chi connectivity index (χ4n) is 0.889. The number of hydrogen-bond acceptors (Lipinski definition) is 1. The van der Waals surface area contributed by atoms with E-state index in [1.54, 1.807) is 0 Å². The van der Waals surface area contributed by atoms with Gasteiger partial charge in [0, 0.05) is 14.9 Å². The van der Waals surface area contributed by atoms with E-state index < -0.39 is 27.1 Å². The van der Waals surface area contributed by atoms with Crippen LogP contribution in [0.1, 0.15) is 0 Å². The van der Waals surface area contributed by atoms with Crippen LogP contribution >= 0.6 is 23.2 Å². The Morgan fingerprint density at radius 2 is 1.35 bits per heavy atom. The van der Waals surface area contributed by atoms with Gasteiger partial charge in [-0.1, -0.05) is 23.2 Å². The molecule has 96 valence electrons. The van der Waals surface area contributed by atoms with Gasteiger partial charge < -0.3 is 0 Å². The first-order valence-corrected chi connectivity index (χ1v) is 5.79. The molecule has 0 radical (unpaired) electrons. The Balaban J connectivity index is 3.21. The van der Waals surface area contributed by atoms with Crippen molar-refractivity contribution in [3.63, 3.8) is 0 Å². The van der Waals surface area contributed by atoms with Gasteiger partial charge in [-0.15, -0.1) is 0 Å². The third-order valence-corrected chi connectivity index (χ3v) is 3.41. The summed E-state index contributed by atoms with van der Waals surface area (Å²) in [5, 5.41) is -5.72. The van der Waals surface area contributed by atoms with Crippen LogP contribution in [0.25, 0.3) is 0 Å². The van der Waals surface area contributed by atoms with Gasteiger partial charge in [0.1, 0.15) is 10.8 Å². The van der Waals surface area contributed by atoms with Crippen molar-refractivity contribution >= 4 is 34.0 Å². The average Bonchev–Trinajstić information content (AvgIpc) is 2.13. The molecule has 0 amide bonds. The molecule has 1 rings (SSSR count). The van der Waals surface area contributed by atoms with Gasteiger partial charge >= 0.3 is 11.4 Å². The van der Waals surface area contributed by atoms with Crippen molar-refractivity contribution in [2.45, 2.75) is 16.3 Å². The van der Waals surface area contributed by atoms with Gasteiger partial charge in [-0.25, -0.2) is 4.21 Å². The molecule has 1 aromatic rings. The van der Waals surface area contributed by atoms with Gasteiger partial charge in [0.05, 0.1) is 0 Å². The van der Waals surface area contributed by atoms with Crippen molar-refractivity contribution < 1.29 is 26.2 Å². The van der Waals surface area contributed by atoms with E-state index in [-0.39, 0.29) is 10.0 Å². The van der Waals surface area contributed by atoms with Crippen LogP contribution < -0.4 is 0 Å². The number of benzene rings is 1. The lowest BCUT2D eigenvalue weighted by Gasteiger charge is -2.18. The number of rotatable bonds is 2. The molecule has 0 saturated heterocycles. The molecule has 17 heavy (non-hydrogen) atoms. The highest BCUT2D eigenvalue weighted by Crippen LogP contribution is 2.41. The monoisotopic (exact) mass is 312 g/mol. The zero-order chi connectivity index (χ0) is 13.4.